The van der Waals surface area contributed by atoms with E-state index in [0.29, 0.717) is 47.0 Å². The number of anilines is 1. The van der Waals surface area contributed by atoms with E-state index in [1.165, 1.54) is 12.4 Å². The number of halogens is 3. The number of nitrogens with zero attached hydrogens (tertiary/aromatic N) is 5. The van der Waals surface area contributed by atoms with Crippen LogP contribution in [0.5, 0.6) is 0 Å². The lowest BCUT2D eigenvalue weighted by molar-refractivity contribution is 0.0660. The first-order chi connectivity index (χ1) is 25.4. The molecule has 52 heavy (non-hydrogen) atoms. The number of nitrogens with two attached hydrogens (primary N) is 1. The first-order valence-corrected chi connectivity index (χ1v) is 16.2. The van der Waals surface area contributed by atoms with Crippen molar-refractivity contribution in [2.24, 2.45) is 0 Å². The molecule has 0 fully saturated rings. The summed E-state index contributed by atoms with van der Waals surface area (Å²) in [5.74, 6) is -0.184. The standard InChI is InChI=1S/C22H20ClN5O2.C14H9ClN2O3.CH3F/c1-12-5-20(24)28-13(2)17(12)10-27-22(29)19-11-26-21(30-19)7-14-3-4-18-15(6-14)8-16(23)9-25-18;15-10-5-9-3-8(1-2-11(9)16-6-10)4-13-17-7-12(20-13)14(18)19;1-2/h3-6,8-9,11H,7,10H2,1-2H3,(H2,24,28)(H,27,29);1-3,5-7H,4H2,(H,18,19);1H3/i;;1D. The number of benzene rings is 2. The molecule has 0 aliphatic rings. The molecular formula is C37H32Cl2FN7O5. The highest BCUT2D eigenvalue weighted by molar-refractivity contribution is 6.31. The van der Waals surface area contributed by atoms with Gasteiger partial charge in [0.05, 0.1) is 42.0 Å². The Kier molecular flexibility index (Phi) is 11.6. The van der Waals surface area contributed by atoms with Gasteiger partial charge in [-0.1, -0.05) is 35.3 Å². The average molecular weight is 746 g/mol. The number of hydrogen-bond acceptors (Lipinski definition) is 10. The molecule has 0 aliphatic carbocycles. The summed E-state index contributed by atoms with van der Waals surface area (Å²) in [7, 11) is -1.00. The van der Waals surface area contributed by atoms with Crippen LogP contribution in [0.4, 0.5) is 10.2 Å². The molecule has 266 valence electrons. The van der Waals surface area contributed by atoms with E-state index in [0.717, 1.165) is 49.8 Å². The first-order valence-electron chi connectivity index (χ1n) is 16.2. The van der Waals surface area contributed by atoms with E-state index < -0.39 is 13.1 Å². The highest BCUT2D eigenvalue weighted by Crippen LogP contribution is 2.22. The molecule has 7 aromatic rings. The van der Waals surface area contributed by atoms with Crippen molar-refractivity contribution in [1.82, 2.24) is 30.2 Å². The summed E-state index contributed by atoms with van der Waals surface area (Å²) in [6.45, 7) is 4.13. The van der Waals surface area contributed by atoms with Crippen LogP contribution in [0.3, 0.4) is 0 Å². The Labute approximate surface area is 308 Å². The van der Waals surface area contributed by atoms with Crippen LogP contribution in [-0.2, 0) is 19.4 Å². The minimum Gasteiger partial charge on any atom is -0.475 e. The number of nitrogen functional groups attached to an aromatic ring is 1. The molecular weight excluding hydrogens is 712 g/mol. The quantitative estimate of drug-likeness (QED) is 0.138. The summed E-state index contributed by atoms with van der Waals surface area (Å²) in [6, 6.07) is 17.0. The smallest absolute Gasteiger partial charge is 0.373 e. The molecule has 5 aromatic heterocycles. The number of carbonyl (C=O) groups is 2. The van der Waals surface area contributed by atoms with E-state index in [9.17, 15) is 14.0 Å². The number of carboxylic acid groups (broad SMARTS) is 1. The third kappa shape index (κ3) is 9.44. The molecule has 5 heterocycles. The second-order valence-electron chi connectivity index (χ2n) is 11.4. The number of pyridine rings is 3. The van der Waals surface area contributed by atoms with E-state index in [2.05, 4.69) is 30.2 Å². The predicted molar refractivity (Wildman–Crippen MR) is 195 cm³/mol. The molecule has 4 N–H and O–H groups in total. The highest BCUT2D eigenvalue weighted by Gasteiger charge is 2.15. The van der Waals surface area contributed by atoms with Gasteiger partial charge in [-0.15, -0.1) is 0 Å². The molecule has 12 nitrogen and oxygen atoms in total. The van der Waals surface area contributed by atoms with Gasteiger partial charge in [0.2, 0.25) is 11.5 Å². The van der Waals surface area contributed by atoms with Crippen molar-refractivity contribution in [3.8, 4) is 0 Å². The van der Waals surface area contributed by atoms with Crippen molar-refractivity contribution in [1.29, 1.82) is 0 Å². The summed E-state index contributed by atoms with van der Waals surface area (Å²) in [5, 5.41) is 14.6. The minimum atomic E-state index is -1.13. The molecule has 15 heteroatoms. The number of oxazole rings is 2. The Hall–Kier alpha value is -5.92. The number of rotatable bonds is 8. The summed E-state index contributed by atoms with van der Waals surface area (Å²) in [6.07, 6.45) is 6.72. The van der Waals surface area contributed by atoms with Gasteiger partial charge in [0.1, 0.15) is 5.82 Å². The SMILES string of the molecule is Cc1cc(N)nc(C)c1CNC(=O)c1cnc(Cc2ccc3ncc(Cl)cc3c2)o1.O=C(O)c1cnc(Cc2ccc3ncc(Cl)cc3c2)o1.[2H]CF. The number of carbonyl (C=O) groups excluding carboxylic acids is 1. The molecule has 7 rings (SSSR count). The number of fused-ring (bicyclic) bond motifs is 2. The fourth-order valence-corrected chi connectivity index (χ4v) is 5.61. The van der Waals surface area contributed by atoms with Gasteiger partial charge < -0.3 is 25.0 Å². The minimum absolute atomic E-state index is 0.161. The number of nitrogens with one attached hydrogen (secondary N) is 1. The van der Waals surface area contributed by atoms with Gasteiger partial charge in [-0.2, -0.15) is 0 Å². The van der Waals surface area contributed by atoms with Crippen LogP contribution in [0.1, 0.15) is 62.2 Å². The van der Waals surface area contributed by atoms with Crippen molar-refractivity contribution in [2.75, 3.05) is 12.9 Å². The summed E-state index contributed by atoms with van der Waals surface area (Å²) >= 11 is 11.9. The maximum Gasteiger partial charge on any atom is 0.373 e. The first kappa shape index (κ1) is 35.9. The lowest BCUT2D eigenvalue weighted by Gasteiger charge is -2.10. The van der Waals surface area contributed by atoms with Crippen LogP contribution in [0.25, 0.3) is 21.8 Å². The number of aromatic nitrogens is 5. The largest absolute Gasteiger partial charge is 0.475 e. The van der Waals surface area contributed by atoms with Crippen LogP contribution in [0.2, 0.25) is 10.0 Å². The van der Waals surface area contributed by atoms with E-state index >= 15 is 0 Å². The Morgan fingerprint density at radius 1 is 0.827 bits per heavy atom. The zero-order valence-corrected chi connectivity index (χ0v) is 29.4. The monoisotopic (exact) mass is 744 g/mol. The predicted octanol–water partition coefficient (Wildman–Crippen LogP) is 7.74. The van der Waals surface area contributed by atoms with Gasteiger partial charge in [0.25, 0.3) is 5.91 Å². The maximum atomic E-state index is 12.5. The van der Waals surface area contributed by atoms with Crippen molar-refractivity contribution >= 4 is 62.7 Å². The number of hydrogen-bond donors (Lipinski definition) is 3. The normalized spacial score (nSPS) is 10.9. The van der Waals surface area contributed by atoms with E-state index in [-0.39, 0.29) is 17.4 Å². The van der Waals surface area contributed by atoms with Crippen LogP contribution in [0.15, 0.2) is 88.2 Å². The topological polar surface area (TPSA) is 183 Å². The van der Waals surface area contributed by atoms with Gasteiger partial charge in [-0.25, -0.2) is 19.7 Å². The van der Waals surface area contributed by atoms with Gasteiger partial charge >= 0.3 is 5.97 Å². The number of aromatic carboxylic acids is 1. The number of aryl methyl sites for hydroxylation is 2. The number of alkyl halides is 1. The lowest BCUT2D eigenvalue weighted by Crippen LogP contribution is -2.23. The highest BCUT2D eigenvalue weighted by atomic mass is 35.5. The van der Waals surface area contributed by atoms with Crippen molar-refractivity contribution in [3.05, 3.63) is 141 Å². The summed E-state index contributed by atoms with van der Waals surface area (Å²) in [5.41, 5.74) is 12.1. The Morgan fingerprint density at radius 3 is 1.85 bits per heavy atom. The summed E-state index contributed by atoms with van der Waals surface area (Å²) in [4.78, 5) is 44.1. The average Bonchev–Trinajstić information content (AvgIpc) is 3.78. The third-order valence-corrected chi connectivity index (χ3v) is 8.09. The summed E-state index contributed by atoms with van der Waals surface area (Å²) < 4.78 is 26.3. The second-order valence-corrected chi connectivity index (χ2v) is 12.2. The zero-order chi connectivity index (χ0) is 38.1. The molecule has 0 unspecified atom stereocenters. The van der Waals surface area contributed by atoms with Gasteiger partial charge in [-0.3, -0.25) is 19.2 Å². The molecule has 0 bridgehead atoms. The van der Waals surface area contributed by atoms with Crippen LogP contribution in [-0.4, -0.2) is 49.1 Å². The Bertz CT molecular complexity index is 2380. The fraction of sp³-hybridized carbons (Fsp3) is 0.162. The second kappa shape index (κ2) is 16.9. The van der Waals surface area contributed by atoms with Crippen LogP contribution in [0, 0.1) is 13.8 Å². The van der Waals surface area contributed by atoms with Gasteiger partial charge in [0.15, 0.2) is 11.8 Å². The van der Waals surface area contributed by atoms with Crippen LogP contribution < -0.4 is 11.1 Å². The molecule has 0 saturated carbocycles. The fourth-order valence-electron chi connectivity index (χ4n) is 5.28. The molecule has 0 aliphatic heterocycles. The molecule has 0 spiro atoms. The number of carboxylic acids is 1. The van der Waals surface area contributed by atoms with Gasteiger partial charge in [0, 0.05) is 48.2 Å². The molecule has 0 saturated heterocycles. The van der Waals surface area contributed by atoms with Gasteiger partial charge in [-0.05, 0) is 78.6 Å². The van der Waals surface area contributed by atoms with E-state index in [4.69, 9.17) is 44.2 Å². The lowest BCUT2D eigenvalue weighted by atomic mass is 10.1. The molecule has 2 aromatic carbocycles. The zero-order valence-electron chi connectivity index (χ0n) is 28.9. The molecule has 0 atom stereocenters. The van der Waals surface area contributed by atoms with Crippen molar-refractivity contribution in [3.63, 3.8) is 0 Å². The third-order valence-electron chi connectivity index (χ3n) is 7.68. The van der Waals surface area contributed by atoms with E-state index in [1.807, 2.05) is 62.4 Å². The number of amides is 1. The Balaban J connectivity index is 0.000000203. The van der Waals surface area contributed by atoms with Crippen molar-refractivity contribution in [2.45, 2.75) is 33.2 Å². The van der Waals surface area contributed by atoms with Crippen molar-refractivity contribution < 1.29 is 29.3 Å². The van der Waals surface area contributed by atoms with Crippen LogP contribution >= 0.6 is 23.2 Å². The maximum absolute atomic E-state index is 12.5. The Morgan fingerprint density at radius 2 is 1.35 bits per heavy atom. The molecule has 0 radical (unpaired) electrons. The van der Waals surface area contributed by atoms with E-state index in [1.54, 1.807) is 18.5 Å². The molecule has 1 amide bonds.